The summed E-state index contributed by atoms with van der Waals surface area (Å²) in [6.07, 6.45) is -4.30. The highest BCUT2D eigenvalue weighted by Gasteiger charge is 2.30. The van der Waals surface area contributed by atoms with Gasteiger partial charge in [-0.25, -0.2) is 4.68 Å². The second kappa shape index (κ2) is 14.0. The van der Waals surface area contributed by atoms with Crippen LogP contribution in [0.25, 0.3) is 5.69 Å². The van der Waals surface area contributed by atoms with Gasteiger partial charge in [0.05, 0.1) is 30.0 Å². The number of para-hydroxylation sites is 1. The summed E-state index contributed by atoms with van der Waals surface area (Å²) in [5.74, 6) is 0.682. The molecule has 0 bridgehead atoms. The molecule has 1 amide bonds. The first-order chi connectivity index (χ1) is 19.6. The lowest BCUT2D eigenvalue weighted by molar-refractivity contribution is -0.137. The van der Waals surface area contributed by atoms with Crippen molar-refractivity contribution < 1.29 is 27.8 Å². The summed E-state index contributed by atoms with van der Waals surface area (Å²) in [6, 6.07) is 16.4. The van der Waals surface area contributed by atoms with E-state index in [1.807, 2.05) is 35.0 Å². The van der Waals surface area contributed by atoms with Crippen LogP contribution in [0.4, 0.5) is 13.2 Å². The number of ether oxygens (including phenoxy) is 1. The molecule has 1 aliphatic heterocycles. The molecule has 0 unspecified atom stereocenters. The van der Waals surface area contributed by atoms with Crippen molar-refractivity contribution in [3.8, 4) is 11.4 Å². The Morgan fingerprint density at radius 2 is 1.68 bits per heavy atom. The number of aliphatic hydroxyl groups is 1. The van der Waals surface area contributed by atoms with Gasteiger partial charge in [-0.15, -0.1) is 0 Å². The molecule has 4 rings (SSSR count). The van der Waals surface area contributed by atoms with E-state index in [1.165, 1.54) is 12.1 Å². The van der Waals surface area contributed by atoms with Crippen molar-refractivity contribution >= 4 is 5.91 Å². The largest absolute Gasteiger partial charge is 0.491 e. The third kappa shape index (κ3) is 9.31. The van der Waals surface area contributed by atoms with Crippen LogP contribution in [0.5, 0.6) is 5.75 Å². The fraction of sp³-hybridized carbons (Fsp3) is 0.467. The number of rotatable bonds is 12. The molecule has 0 spiro atoms. The van der Waals surface area contributed by atoms with Crippen LogP contribution >= 0.6 is 0 Å². The molecule has 11 heteroatoms. The van der Waals surface area contributed by atoms with E-state index in [0.717, 1.165) is 35.6 Å². The van der Waals surface area contributed by atoms with Gasteiger partial charge in [0.15, 0.2) is 0 Å². The number of alkyl halides is 3. The number of amides is 1. The molecule has 2 heterocycles. The lowest BCUT2D eigenvalue weighted by Gasteiger charge is -2.35. The number of halogens is 3. The van der Waals surface area contributed by atoms with Gasteiger partial charge in [0.2, 0.25) is 5.91 Å². The van der Waals surface area contributed by atoms with E-state index in [2.05, 4.69) is 35.0 Å². The van der Waals surface area contributed by atoms with Gasteiger partial charge in [0, 0.05) is 38.4 Å². The van der Waals surface area contributed by atoms with Crippen molar-refractivity contribution in [3.63, 3.8) is 0 Å². The number of hydrogen-bond donors (Lipinski definition) is 2. The van der Waals surface area contributed by atoms with E-state index in [0.29, 0.717) is 45.2 Å². The second-order valence-electron chi connectivity index (χ2n) is 10.8. The molecule has 222 valence electrons. The molecule has 2 N–H and O–H groups in total. The lowest BCUT2D eigenvalue weighted by Crippen LogP contribution is -2.51. The Kier molecular flexibility index (Phi) is 10.4. The topological polar surface area (TPSA) is 82.9 Å². The highest BCUT2D eigenvalue weighted by molar-refractivity contribution is 5.78. The normalized spacial score (nSPS) is 15.7. The van der Waals surface area contributed by atoms with Crippen molar-refractivity contribution in [2.75, 3.05) is 45.9 Å². The molecular weight excluding hydrogens is 535 g/mol. The van der Waals surface area contributed by atoms with E-state index in [4.69, 9.17) is 9.84 Å². The van der Waals surface area contributed by atoms with Crippen LogP contribution in [0.1, 0.15) is 30.8 Å². The minimum absolute atomic E-state index is 0.0209. The Hall–Kier alpha value is -3.41. The maximum absolute atomic E-state index is 12.7. The van der Waals surface area contributed by atoms with Crippen molar-refractivity contribution in [1.29, 1.82) is 0 Å². The molecule has 0 saturated carbocycles. The molecule has 3 aromatic rings. The first kappa shape index (κ1) is 30.5. The van der Waals surface area contributed by atoms with Crippen LogP contribution < -0.4 is 10.1 Å². The molecular formula is C30H38F3N5O3. The number of nitrogens with one attached hydrogen (secondary N) is 1. The number of β-amino-alcohol motifs (C(OH)–C–C–N with tert-alkyl or cyclic N) is 1. The quantitative estimate of drug-likeness (QED) is 0.344. The fourth-order valence-electron chi connectivity index (χ4n) is 4.78. The highest BCUT2D eigenvalue weighted by Crippen LogP contribution is 2.30. The van der Waals surface area contributed by atoms with Gasteiger partial charge in [-0.3, -0.25) is 14.6 Å². The number of nitrogens with zero attached hydrogens (tertiary/aromatic N) is 4. The van der Waals surface area contributed by atoms with Crippen LogP contribution in [-0.4, -0.2) is 82.6 Å². The predicted octanol–water partition coefficient (Wildman–Crippen LogP) is 3.76. The van der Waals surface area contributed by atoms with Gasteiger partial charge in [0.1, 0.15) is 18.5 Å². The zero-order valence-corrected chi connectivity index (χ0v) is 23.5. The molecule has 1 aromatic heterocycles. The Morgan fingerprint density at radius 1 is 1.02 bits per heavy atom. The zero-order valence-electron chi connectivity index (χ0n) is 23.5. The molecule has 1 saturated heterocycles. The van der Waals surface area contributed by atoms with Crippen LogP contribution in [0.3, 0.4) is 0 Å². The summed E-state index contributed by atoms with van der Waals surface area (Å²) >= 11 is 0. The van der Waals surface area contributed by atoms with Gasteiger partial charge < -0.3 is 15.2 Å². The van der Waals surface area contributed by atoms with Gasteiger partial charge >= 0.3 is 6.18 Å². The molecule has 41 heavy (non-hydrogen) atoms. The summed E-state index contributed by atoms with van der Waals surface area (Å²) in [5, 5.41) is 18.1. The SMILES string of the molecule is CC(C)Cc1cc(CNC(=O)CN2CCN(C[C@H](O)COc3ccc(C(F)(F)F)cc3)CC2)nn1-c1ccccc1. The Morgan fingerprint density at radius 3 is 2.32 bits per heavy atom. The molecule has 1 atom stereocenters. The molecule has 8 nitrogen and oxygen atoms in total. The average Bonchev–Trinajstić information content (AvgIpc) is 3.34. The smallest absolute Gasteiger partial charge is 0.416 e. The van der Waals surface area contributed by atoms with Crippen molar-refractivity contribution in [3.05, 3.63) is 77.6 Å². The molecule has 2 aromatic carbocycles. The second-order valence-corrected chi connectivity index (χ2v) is 10.8. The minimum atomic E-state index is -4.40. The molecule has 0 radical (unpaired) electrons. The molecule has 1 fully saturated rings. The first-order valence-corrected chi connectivity index (χ1v) is 13.9. The Bertz CT molecular complexity index is 1240. The van der Waals surface area contributed by atoms with Crippen molar-refractivity contribution in [2.45, 2.75) is 39.1 Å². The summed E-state index contributed by atoms with van der Waals surface area (Å²) in [5.41, 5.74) is 2.18. The number of aliphatic hydroxyl groups excluding tert-OH is 1. The van der Waals surface area contributed by atoms with Crippen molar-refractivity contribution in [2.24, 2.45) is 5.92 Å². The summed E-state index contributed by atoms with van der Waals surface area (Å²) < 4.78 is 45.5. The third-order valence-electron chi connectivity index (χ3n) is 6.84. The van der Waals surface area contributed by atoms with Crippen LogP contribution in [0, 0.1) is 5.92 Å². The van der Waals surface area contributed by atoms with Gasteiger partial charge in [-0.05, 0) is 54.8 Å². The van der Waals surface area contributed by atoms with E-state index >= 15 is 0 Å². The van der Waals surface area contributed by atoms with Crippen LogP contribution in [0.15, 0.2) is 60.7 Å². The number of carbonyl (C=O) groups excluding carboxylic acids is 1. The maximum atomic E-state index is 12.7. The zero-order chi connectivity index (χ0) is 29.4. The maximum Gasteiger partial charge on any atom is 0.416 e. The van der Waals surface area contributed by atoms with Crippen LogP contribution in [0.2, 0.25) is 0 Å². The Balaban J connectivity index is 1.17. The number of hydrogen-bond acceptors (Lipinski definition) is 6. The van der Waals surface area contributed by atoms with E-state index in [1.54, 1.807) is 0 Å². The summed E-state index contributed by atoms with van der Waals surface area (Å²) in [4.78, 5) is 16.8. The lowest BCUT2D eigenvalue weighted by atomic mass is 10.1. The Labute approximate surface area is 238 Å². The van der Waals surface area contributed by atoms with E-state index < -0.39 is 17.8 Å². The monoisotopic (exact) mass is 573 g/mol. The van der Waals surface area contributed by atoms with Crippen LogP contribution in [-0.2, 0) is 23.9 Å². The van der Waals surface area contributed by atoms with E-state index in [9.17, 15) is 23.1 Å². The molecule has 1 aliphatic rings. The fourth-order valence-corrected chi connectivity index (χ4v) is 4.78. The van der Waals surface area contributed by atoms with Crippen molar-refractivity contribution in [1.82, 2.24) is 24.9 Å². The molecule has 0 aliphatic carbocycles. The van der Waals surface area contributed by atoms with Gasteiger partial charge in [0.25, 0.3) is 0 Å². The minimum Gasteiger partial charge on any atom is -0.491 e. The summed E-state index contributed by atoms with van der Waals surface area (Å²) in [7, 11) is 0. The van der Waals surface area contributed by atoms with Gasteiger partial charge in [-0.1, -0.05) is 32.0 Å². The first-order valence-electron chi connectivity index (χ1n) is 13.9. The number of carbonyl (C=O) groups is 1. The third-order valence-corrected chi connectivity index (χ3v) is 6.84. The number of aromatic nitrogens is 2. The number of benzene rings is 2. The summed E-state index contributed by atoms with van der Waals surface area (Å²) in [6.45, 7) is 8.07. The van der Waals surface area contributed by atoms with E-state index in [-0.39, 0.29) is 24.8 Å². The van der Waals surface area contributed by atoms with Gasteiger partial charge in [-0.2, -0.15) is 18.3 Å². The predicted molar refractivity (Wildman–Crippen MR) is 150 cm³/mol. The number of piperazine rings is 1. The average molecular weight is 574 g/mol. The highest BCUT2D eigenvalue weighted by atomic mass is 19.4. The standard InChI is InChI=1S/C30H38F3N5O3/c1-22(2)16-26-17-24(35-38(26)25-6-4-3-5-7-25)18-34-29(40)20-37-14-12-36(13-15-37)19-27(39)21-41-28-10-8-23(9-11-28)30(31,32)33/h3-11,17,22,27,39H,12-16,18-21H2,1-2H3,(H,34,40)/t27-/m0/s1.